The normalized spacial score (nSPS) is 12.0. The van der Waals surface area contributed by atoms with E-state index in [0.29, 0.717) is 23.5 Å². The Labute approximate surface area is 220 Å². The van der Waals surface area contributed by atoms with Crippen LogP contribution in [-0.4, -0.2) is 39.3 Å². The summed E-state index contributed by atoms with van der Waals surface area (Å²) in [6.45, 7) is 2.00. The fourth-order valence-corrected chi connectivity index (χ4v) is 4.96. The number of aromatic nitrogens is 1. The van der Waals surface area contributed by atoms with Gasteiger partial charge in [-0.3, -0.25) is 9.59 Å². The molecule has 198 valence electrons. The highest BCUT2D eigenvalue weighted by molar-refractivity contribution is 7.84. The number of ketones is 1. The molecule has 1 unspecified atom stereocenters. The molecule has 1 amide bonds. The Morgan fingerprint density at radius 3 is 2.41 bits per heavy atom. The van der Waals surface area contributed by atoms with Gasteiger partial charge in [0.25, 0.3) is 0 Å². The molecule has 0 bridgehead atoms. The van der Waals surface area contributed by atoms with Crippen LogP contribution in [0.1, 0.15) is 52.4 Å². The molecule has 1 aromatic heterocycles. The number of para-hydroxylation sites is 1. The molecule has 2 aromatic carbocycles. The van der Waals surface area contributed by atoms with Crippen molar-refractivity contribution in [3.05, 3.63) is 69.7 Å². The van der Waals surface area contributed by atoms with Gasteiger partial charge in [0.05, 0.1) is 31.5 Å². The number of nitrogens with zero attached hydrogens (tertiary/aromatic N) is 1. The van der Waals surface area contributed by atoms with Crippen molar-refractivity contribution < 1.29 is 31.7 Å². The lowest BCUT2D eigenvalue weighted by Gasteiger charge is -2.17. The van der Waals surface area contributed by atoms with Gasteiger partial charge < -0.3 is 19.0 Å². The molecule has 37 heavy (non-hydrogen) atoms. The zero-order valence-electron chi connectivity index (χ0n) is 20.7. The molecule has 10 nitrogen and oxygen atoms in total. The number of thiazole rings is 1. The van der Waals surface area contributed by atoms with Gasteiger partial charge in [-0.25, -0.2) is 4.98 Å². The van der Waals surface area contributed by atoms with Crippen LogP contribution < -0.4 is 24.1 Å². The second-order valence-corrected chi connectivity index (χ2v) is 10.1. The summed E-state index contributed by atoms with van der Waals surface area (Å²) in [6, 6.07) is 10.9. The number of aryl methyl sites for hydroxylation is 1. The largest absolute Gasteiger partial charge is 0.493 e. The Kier molecular flexibility index (Phi) is 9.61. The van der Waals surface area contributed by atoms with E-state index in [9.17, 15) is 18.0 Å². The highest BCUT2D eigenvalue weighted by Gasteiger charge is 2.21. The lowest BCUT2D eigenvalue weighted by atomic mass is 10.0. The second-order valence-electron chi connectivity index (χ2n) is 8.04. The van der Waals surface area contributed by atoms with Crippen molar-refractivity contribution in [2.75, 3.05) is 14.2 Å². The third-order valence-electron chi connectivity index (χ3n) is 5.42. The third-order valence-corrected chi connectivity index (χ3v) is 6.86. The summed E-state index contributed by atoms with van der Waals surface area (Å²) in [5.74, 6) is 0.311. The molecule has 0 aliphatic carbocycles. The molecule has 1 heterocycles. The summed E-state index contributed by atoms with van der Waals surface area (Å²) in [7, 11) is -1.18. The Balaban J connectivity index is 1.70. The number of methoxy groups -OCH3 is 2. The molecule has 0 saturated carbocycles. The summed E-state index contributed by atoms with van der Waals surface area (Å²) >= 11 is 1.44. The standard InChI is InChI=1S/C25H29N3O7S2/c1-4-17-15-36-25(27-17)20(14-16-8-10-18(11-9-16)35-37(26,31)32)28-23(30)13-12-21(29)19-6-5-7-22(33-2)24(19)34-3/h5-11,15,20H,4,12-14H2,1-3H3,(H,28,30)(H2,26,31,32). The van der Waals surface area contributed by atoms with Crippen LogP contribution in [0.15, 0.2) is 47.8 Å². The van der Waals surface area contributed by atoms with E-state index in [4.69, 9.17) is 14.6 Å². The average Bonchev–Trinajstić information content (AvgIpc) is 3.36. The van der Waals surface area contributed by atoms with Gasteiger partial charge in [-0.05, 0) is 42.7 Å². The molecular formula is C25H29N3O7S2. The Morgan fingerprint density at radius 1 is 1.08 bits per heavy atom. The van der Waals surface area contributed by atoms with Gasteiger partial charge in [-0.1, -0.05) is 25.1 Å². The Bertz CT molecular complexity index is 1340. The Hall–Kier alpha value is -3.48. The second kappa shape index (κ2) is 12.7. The summed E-state index contributed by atoms with van der Waals surface area (Å²) in [5, 5.41) is 10.6. The fraction of sp³-hybridized carbons (Fsp3) is 0.320. The highest BCUT2D eigenvalue weighted by Crippen LogP contribution is 2.31. The minimum atomic E-state index is -4.12. The molecule has 0 saturated heterocycles. The average molecular weight is 548 g/mol. The van der Waals surface area contributed by atoms with Gasteiger partial charge in [0.15, 0.2) is 17.3 Å². The maximum absolute atomic E-state index is 12.9. The maximum atomic E-state index is 12.9. The number of amides is 1. The SMILES string of the molecule is CCc1csc(C(Cc2ccc(OS(N)(=O)=O)cc2)NC(=O)CCC(=O)c2cccc(OC)c2OC)n1. The predicted molar refractivity (Wildman–Crippen MR) is 139 cm³/mol. The van der Waals surface area contributed by atoms with Crippen LogP contribution in [0.5, 0.6) is 17.2 Å². The highest BCUT2D eigenvalue weighted by atomic mass is 32.2. The first-order valence-electron chi connectivity index (χ1n) is 11.4. The van der Waals surface area contributed by atoms with Crippen LogP contribution in [0.3, 0.4) is 0 Å². The number of nitrogens with one attached hydrogen (secondary N) is 1. The monoisotopic (exact) mass is 547 g/mol. The van der Waals surface area contributed by atoms with Gasteiger partial charge in [0.1, 0.15) is 10.8 Å². The summed E-state index contributed by atoms with van der Waals surface area (Å²) in [4.78, 5) is 30.3. The number of Topliss-reactive ketones (excluding diaryl/α,β-unsaturated/α-hetero) is 1. The molecule has 0 spiro atoms. The minimum absolute atomic E-state index is 0.0141. The van der Waals surface area contributed by atoms with Crippen LogP contribution in [-0.2, 0) is 27.9 Å². The van der Waals surface area contributed by atoms with E-state index in [-0.39, 0.29) is 30.3 Å². The van der Waals surface area contributed by atoms with Crippen LogP contribution in [0.25, 0.3) is 0 Å². The molecule has 1 atom stereocenters. The fourth-order valence-electron chi connectivity index (χ4n) is 3.63. The molecule has 0 fully saturated rings. The number of rotatable bonds is 13. The van der Waals surface area contributed by atoms with E-state index in [1.807, 2.05) is 12.3 Å². The first-order chi connectivity index (χ1) is 17.6. The Morgan fingerprint density at radius 2 is 1.81 bits per heavy atom. The third kappa shape index (κ3) is 8.00. The van der Waals surface area contributed by atoms with E-state index in [0.717, 1.165) is 22.7 Å². The smallest absolute Gasteiger partial charge is 0.380 e. The summed E-state index contributed by atoms with van der Waals surface area (Å²) in [6.07, 6.45) is 1.12. The van der Waals surface area contributed by atoms with Crippen molar-refractivity contribution in [1.29, 1.82) is 0 Å². The molecular weight excluding hydrogens is 518 g/mol. The molecule has 3 rings (SSSR count). The van der Waals surface area contributed by atoms with Crippen molar-refractivity contribution in [2.24, 2.45) is 5.14 Å². The number of carbonyl (C=O) groups excluding carboxylic acids is 2. The summed E-state index contributed by atoms with van der Waals surface area (Å²) < 4.78 is 37.5. The van der Waals surface area contributed by atoms with Crippen LogP contribution in [0.2, 0.25) is 0 Å². The number of ether oxygens (including phenoxy) is 2. The molecule has 0 aliphatic heterocycles. The number of benzene rings is 2. The van der Waals surface area contributed by atoms with Gasteiger partial charge in [-0.2, -0.15) is 13.6 Å². The van der Waals surface area contributed by atoms with E-state index >= 15 is 0 Å². The number of hydrogen-bond donors (Lipinski definition) is 2. The van der Waals surface area contributed by atoms with Crippen molar-refractivity contribution in [1.82, 2.24) is 10.3 Å². The van der Waals surface area contributed by atoms with E-state index in [1.54, 1.807) is 30.3 Å². The van der Waals surface area contributed by atoms with E-state index in [1.165, 1.54) is 37.7 Å². The van der Waals surface area contributed by atoms with Gasteiger partial charge in [0, 0.05) is 18.2 Å². The van der Waals surface area contributed by atoms with Crippen LogP contribution in [0, 0.1) is 0 Å². The van der Waals surface area contributed by atoms with Gasteiger partial charge >= 0.3 is 10.3 Å². The molecule has 0 aliphatic rings. The zero-order chi connectivity index (χ0) is 27.0. The first-order valence-corrected chi connectivity index (χ1v) is 13.8. The minimum Gasteiger partial charge on any atom is -0.493 e. The molecule has 0 radical (unpaired) electrons. The van der Waals surface area contributed by atoms with E-state index < -0.39 is 16.3 Å². The van der Waals surface area contributed by atoms with E-state index in [2.05, 4.69) is 14.5 Å². The van der Waals surface area contributed by atoms with Crippen molar-refractivity contribution in [2.45, 2.75) is 38.6 Å². The number of hydrogen-bond acceptors (Lipinski definition) is 9. The van der Waals surface area contributed by atoms with Gasteiger partial charge in [-0.15, -0.1) is 11.3 Å². The lowest BCUT2D eigenvalue weighted by Crippen LogP contribution is -2.30. The predicted octanol–water partition coefficient (Wildman–Crippen LogP) is 3.37. The van der Waals surface area contributed by atoms with Crippen LogP contribution >= 0.6 is 11.3 Å². The topological polar surface area (TPSA) is 147 Å². The molecule has 3 N–H and O–H groups in total. The number of nitrogens with two attached hydrogens (primary N) is 1. The number of carbonyl (C=O) groups is 2. The van der Waals surface area contributed by atoms with Crippen molar-refractivity contribution >= 4 is 33.3 Å². The quantitative estimate of drug-likeness (QED) is 0.310. The molecule has 12 heteroatoms. The van der Waals surface area contributed by atoms with Crippen LogP contribution in [0.4, 0.5) is 0 Å². The zero-order valence-corrected chi connectivity index (χ0v) is 22.4. The molecule has 3 aromatic rings. The van der Waals surface area contributed by atoms with Crippen molar-refractivity contribution in [3.63, 3.8) is 0 Å². The lowest BCUT2D eigenvalue weighted by molar-refractivity contribution is -0.121. The summed E-state index contributed by atoms with van der Waals surface area (Å²) in [5.41, 5.74) is 2.08. The first kappa shape index (κ1) is 28.1. The van der Waals surface area contributed by atoms with Gasteiger partial charge in [0.2, 0.25) is 5.91 Å². The van der Waals surface area contributed by atoms with Crippen molar-refractivity contribution in [3.8, 4) is 17.2 Å². The maximum Gasteiger partial charge on any atom is 0.380 e.